The molecule has 5 nitrogen and oxygen atoms in total. The van der Waals surface area contributed by atoms with Gasteiger partial charge >= 0.3 is 0 Å². The molecule has 2 rings (SSSR count). The Balaban J connectivity index is 1.92. The average Bonchev–Trinajstić information content (AvgIpc) is 2.67. The minimum atomic E-state index is -0.800. The van der Waals surface area contributed by atoms with Gasteiger partial charge in [-0.25, -0.2) is 0 Å². The molecule has 2 aromatic carbocycles. The van der Waals surface area contributed by atoms with E-state index in [9.17, 15) is 10.2 Å². The highest BCUT2D eigenvalue weighted by Crippen LogP contribution is 2.08. The van der Waals surface area contributed by atoms with Crippen molar-refractivity contribution in [1.29, 1.82) is 5.41 Å². The van der Waals surface area contributed by atoms with Gasteiger partial charge in [0, 0.05) is 44.2 Å². The molecule has 0 fully saturated rings. The van der Waals surface area contributed by atoms with Crippen molar-refractivity contribution in [3.8, 4) is 0 Å². The highest BCUT2D eigenvalue weighted by atomic mass is 16.3. The fourth-order valence-electron chi connectivity index (χ4n) is 2.68. The molecule has 0 spiro atoms. The molecular weight excluding hydrogens is 326 g/mol. The molecular formula is C21H27N3O2. The summed E-state index contributed by atoms with van der Waals surface area (Å²) >= 11 is 0. The first kappa shape index (κ1) is 19.8. The Hall–Kier alpha value is -2.47. The lowest BCUT2D eigenvalue weighted by Crippen LogP contribution is -2.35. The summed E-state index contributed by atoms with van der Waals surface area (Å²) in [6, 6.07) is 19.9. The Labute approximate surface area is 155 Å². The van der Waals surface area contributed by atoms with Crippen molar-refractivity contribution in [2.45, 2.75) is 19.2 Å². The Morgan fingerprint density at radius 1 is 1.04 bits per heavy atom. The molecule has 1 unspecified atom stereocenters. The number of rotatable bonds is 11. The highest BCUT2D eigenvalue weighted by Gasteiger charge is 2.15. The monoisotopic (exact) mass is 353 g/mol. The van der Waals surface area contributed by atoms with Crippen LogP contribution in [0.2, 0.25) is 0 Å². The largest absolute Gasteiger partial charge is 0.395 e. The molecule has 0 aliphatic rings. The van der Waals surface area contributed by atoms with Crippen LogP contribution in [-0.4, -0.2) is 47.1 Å². The molecule has 0 aliphatic heterocycles. The molecule has 5 heteroatoms. The van der Waals surface area contributed by atoms with Crippen molar-refractivity contribution in [2.75, 3.05) is 19.7 Å². The molecule has 4 N–H and O–H groups in total. The van der Waals surface area contributed by atoms with Gasteiger partial charge in [-0.1, -0.05) is 60.7 Å². The first-order valence-electron chi connectivity index (χ1n) is 8.76. The Morgan fingerprint density at radius 2 is 1.65 bits per heavy atom. The minimum absolute atomic E-state index is 0.0233. The van der Waals surface area contributed by atoms with E-state index in [1.54, 1.807) is 6.20 Å². The van der Waals surface area contributed by atoms with Gasteiger partial charge in [0.25, 0.3) is 0 Å². The summed E-state index contributed by atoms with van der Waals surface area (Å²) in [4.78, 5) is 1.98. The van der Waals surface area contributed by atoms with Crippen LogP contribution in [0.3, 0.4) is 0 Å². The zero-order valence-corrected chi connectivity index (χ0v) is 14.9. The summed E-state index contributed by atoms with van der Waals surface area (Å²) < 4.78 is 0. The lowest BCUT2D eigenvalue weighted by Gasteiger charge is -2.25. The Kier molecular flexibility index (Phi) is 8.55. The standard InChI is InChI=1S/C21H27N3O2/c22-13-20(15-23-14-18-7-3-1-4-8-18)21(26)17-24(11-12-25)16-19-9-5-2-6-10-19/h1-10,13,15,21-23,25-26H,11-12,14,16-17H2/b20-15+,22-13?. The van der Waals surface area contributed by atoms with Crippen LogP contribution in [0.25, 0.3) is 0 Å². The van der Waals surface area contributed by atoms with Gasteiger partial charge in [0.1, 0.15) is 0 Å². The van der Waals surface area contributed by atoms with Gasteiger partial charge in [-0.3, -0.25) is 4.90 Å². The average molecular weight is 353 g/mol. The topological polar surface area (TPSA) is 79.6 Å². The zero-order chi connectivity index (χ0) is 18.6. The summed E-state index contributed by atoms with van der Waals surface area (Å²) in [6.45, 7) is 2.12. The van der Waals surface area contributed by atoms with E-state index >= 15 is 0 Å². The molecule has 26 heavy (non-hydrogen) atoms. The van der Waals surface area contributed by atoms with Crippen molar-refractivity contribution >= 4 is 6.21 Å². The molecule has 0 saturated carbocycles. The lowest BCUT2D eigenvalue weighted by atomic mass is 10.1. The predicted octanol–water partition coefficient (Wildman–Crippen LogP) is 2.17. The number of benzene rings is 2. The van der Waals surface area contributed by atoms with E-state index in [2.05, 4.69) is 5.32 Å². The van der Waals surface area contributed by atoms with Crippen LogP contribution in [0.5, 0.6) is 0 Å². The summed E-state index contributed by atoms with van der Waals surface area (Å²) in [7, 11) is 0. The van der Waals surface area contributed by atoms with Crippen molar-refractivity contribution in [3.63, 3.8) is 0 Å². The second kappa shape index (κ2) is 11.2. The van der Waals surface area contributed by atoms with Gasteiger partial charge in [0.15, 0.2) is 0 Å². The highest BCUT2D eigenvalue weighted by molar-refractivity contribution is 5.76. The molecule has 0 saturated heterocycles. The van der Waals surface area contributed by atoms with Gasteiger partial charge in [-0.2, -0.15) is 0 Å². The molecule has 0 radical (unpaired) electrons. The molecule has 0 aliphatic carbocycles. The third-order valence-corrected chi connectivity index (χ3v) is 4.07. The number of nitrogens with zero attached hydrogens (tertiary/aromatic N) is 1. The van der Waals surface area contributed by atoms with E-state index in [1.807, 2.05) is 65.6 Å². The van der Waals surface area contributed by atoms with E-state index in [1.165, 1.54) is 6.21 Å². The molecule has 2 aromatic rings. The van der Waals surface area contributed by atoms with E-state index in [0.29, 0.717) is 31.8 Å². The van der Waals surface area contributed by atoms with Crippen molar-refractivity contribution in [3.05, 3.63) is 83.6 Å². The van der Waals surface area contributed by atoms with E-state index < -0.39 is 6.10 Å². The maximum atomic E-state index is 10.5. The third-order valence-electron chi connectivity index (χ3n) is 4.07. The molecule has 0 bridgehead atoms. The number of hydrogen-bond acceptors (Lipinski definition) is 5. The predicted molar refractivity (Wildman–Crippen MR) is 105 cm³/mol. The van der Waals surface area contributed by atoms with Crippen LogP contribution >= 0.6 is 0 Å². The van der Waals surface area contributed by atoms with Crippen molar-refractivity contribution in [2.24, 2.45) is 0 Å². The van der Waals surface area contributed by atoms with Crippen molar-refractivity contribution < 1.29 is 10.2 Å². The maximum absolute atomic E-state index is 10.5. The fraction of sp³-hybridized carbons (Fsp3) is 0.286. The van der Waals surface area contributed by atoms with Gasteiger partial charge in [-0.15, -0.1) is 0 Å². The van der Waals surface area contributed by atoms with Crippen LogP contribution < -0.4 is 5.32 Å². The summed E-state index contributed by atoms with van der Waals surface area (Å²) in [6.07, 6.45) is 2.05. The zero-order valence-electron chi connectivity index (χ0n) is 14.9. The van der Waals surface area contributed by atoms with Crippen LogP contribution in [0.15, 0.2) is 72.4 Å². The first-order chi connectivity index (χ1) is 12.7. The number of nitrogens with one attached hydrogen (secondary N) is 2. The smallest absolute Gasteiger partial charge is 0.0945 e. The molecule has 0 heterocycles. The van der Waals surface area contributed by atoms with Crippen LogP contribution in [-0.2, 0) is 13.1 Å². The maximum Gasteiger partial charge on any atom is 0.0945 e. The SMILES string of the molecule is N=C/C(=C\NCc1ccccc1)C(O)CN(CCO)Cc1ccccc1. The molecule has 0 aromatic heterocycles. The minimum Gasteiger partial charge on any atom is -0.395 e. The second-order valence-corrected chi connectivity index (χ2v) is 6.12. The van der Waals surface area contributed by atoms with Crippen LogP contribution in [0.1, 0.15) is 11.1 Å². The van der Waals surface area contributed by atoms with Gasteiger partial charge in [0.2, 0.25) is 0 Å². The number of aliphatic hydroxyl groups excluding tert-OH is 2. The summed E-state index contributed by atoms with van der Waals surface area (Å²) in [5.41, 5.74) is 2.77. The normalized spacial score (nSPS) is 12.8. The quantitative estimate of drug-likeness (QED) is 0.467. The van der Waals surface area contributed by atoms with E-state index in [4.69, 9.17) is 5.41 Å². The second-order valence-electron chi connectivity index (χ2n) is 6.12. The molecule has 0 amide bonds. The van der Waals surface area contributed by atoms with Gasteiger partial charge < -0.3 is 20.9 Å². The Morgan fingerprint density at radius 3 is 2.23 bits per heavy atom. The van der Waals surface area contributed by atoms with E-state index in [-0.39, 0.29) is 6.61 Å². The number of aliphatic hydroxyl groups is 2. The lowest BCUT2D eigenvalue weighted by molar-refractivity contribution is 0.119. The first-order valence-corrected chi connectivity index (χ1v) is 8.76. The third kappa shape index (κ3) is 6.80. The molecule has 138 valence electrons. The van der Waals surface area contributed by atoms with Crippen LogP contribution in [0.4, 0.5) is 0 Å². The Bertz CT molecular complexity index is 674. The van der Waals surface area contributed by atoms with Gasteiger partial charge in [0.05, 0.1) is 12.7 Å². The van der Waals surface area contributed by atoms with E-state index in [0.717, 1.165) is 11.1 Å². The van der Waals surface area contributed by atoms with Gasteiger partial charge in [-0.05, 0) is 11.1 Å². The molecule has 1 atom stereocenters. The van der Waals surface area contributed by atoms with Crippen LogP contribution in [0, 0.1) is 5.41 Å². The summed E-state index contributed by atoms with van der Waals surface area (Å²) in [5.74, 6) is 0. The van der Waals surface area contributed by atoms with Crippen molar-refractivity contribution in [1.82, 2.24) is 10.2 Å². The number of hydrogen-bond donors (Lipinski definition) is 4. The fourth-order valence-corrected chi connectivity index (χ4v) is 2.68. The summed E-state index contributed by atoms with van der Waals surface area (Å²) in [5, 5.41) is 30.5.